The number of likely N-dealkylation sites (N-methyl/N-ethyl adjacent to an activating group) is 1. The Kier molecular flexibility index (Phi) is 6.37. The summed E-state index contributed by atoms with van der Waals surface area (Å²) in [5, 5.41) is 2.79. The van der Waals surface area contributed by atoms with Crippen LogP contribution < -0.4 is 5.32 Å². The molecule has 1 aliphatic rings. The lowest BCUT2D eigenvalue weighted by molar-refractivity contribution is -0.906. The van der Waals surface area contributed by atoms with Gasteiger partial charge in [-0.05, 0) is 43.9 Å². The summed E-state index contributed by atoms with van der Waals surface area (Å²) in [7, 11) is 6.63. The molecule has 1 amide bonds. The first kappa shape index (κ1) is 19.9. The van der Waals surface area contributed by atoms with Gasteiger partial charge in [0.25, 0.3) is 5.91 Å². The highest BCUT2D eigenvalue weighted by molar-refractivity contribution is 5.99. The van der Waals surface area contributed by atoms with Crippen LogP contribution in [0, 0.1) is 0 Å². The van der Waals surface area contributed by atoms with Gasteiger partial charge in [0, 0.05) is 5.69 Å². The van der Waals surface area contributed by atoms with E-state index in [1.165, 1.54) is 45.3 Å². The number of rotatable bonds is 6. The number of methoxy groups -OCH3 is 2. The number of ether oxygens (including phenoxy) is 2. The van der Waals surface area contributed by atoms with E-state index in [2.05, 4.69) is 19.4 Å². The molecule has 0 saturated heterocycles. The second-order valence-corrected chi connectivity index (χ2v) is 7.21. The molecule has 0 aromatic heterocycles. The van der Waals surface area contributed by atoms with Crippen molar-refractivity contribution in [2.24, 2.45) is 0 Å². The van der Waals surface area contributed by atoms with Gasteiger partial charge in [0.05, 0.1) is 45.5 Å². The summed E-state index contributed by atoms with van der Waals surface area (Å²) in [6.45, 7) is 0.320. The van der Waals surface area contributed by atoms with Gasteiger partial charge < -0.3 is 19.3 Å². The lowest BCUT2D eigenvalue weighted by Crippen LogP contribution is -2.51. The lowest BCUT2D eigenvalue weighted by atomic mass is 10.1. The van der Waals surface area contributed by atoms with Crippen molar-refractivity contribution in [2.45, 2.75) is 31.7 Å². The molecular weight excluding hydrogens is 336 g/mol. The average Bonchev–Trinajstić information content (AvgIpc) is 3.15. The highest BCUT2D eigenvalue weighted by Gasteiger charge is 2.33. The SMILES string of the molecule is COC(=O)c1cc(NC(=O)C[N+](C)(C)C2CCCC2)cc(C(=O)OC)c1. The molecule has 7 heteroatoms. The van der Waals surface area contributed by atoms with E-state index < -0.39 is 11.9 Å². The first-order valence-corrected chi connectivity index (χ1v) is 8.71. The second-order valence-electron chi connectivity index (χ2n) is 7.21. The maximum atomic E-state index is 12.5. The second kappa shape index (κ2) is 8.31. The van der Waals surface area contributed by atoms with Crippen LogP contribution in [0.25, 0.3) is 0 Å². The predicted octanol–water partition coefficient (Wildman–Crippen LogP) is 2.22. The Morgan fingerprint density at radius 2 is 1.50 bits per heavy atom. The zero-order valence-corrected chi connectivity index (χ0v) is 15.8. The number of hydrogen-bond donors (Lipinski definition) is 1. The molecule has 1 aromatic carbocycles. The number of hydrogen-bond acceptors (Lipinski definition) is 5. The molecule has 0 atom stereocenters. The highest BCUT2D eigenvalue weighted by Crippen LogP contribution is 2.26. The van der Waals surface area contributed by atoms with E-state index in [1.807, 2.05) is 0 Å². The Hall–Kier alpha value is -2.41. The highest BCUT2D eigenvalue weighted by atomic mass is 16.5. The van der Waals surface area contributed by atoms with Gasteiger partial charge in [0.15, 0.2) is 6.54 Å². The Labute approximate surface area is 153 Å². The van der Waals surface area contributed by atoms with E-state index in [4.69, 9.17) is 9.47 Å². The number of nitrogens with zero attached hydrogens (tertiary/aromatic N) is 1. The van der Waals surface area contributed by atoms with Crippen molar-refractivity contribution < 1.29 is 28.3 Å². The van der Waals surface area contributed by atoms with Crippen LogP contribution >= 0.6 is 0 Å². The lowest BCUT2D eigenvalue weighted by Gasteiger charge is -2.35. The molecule has 26 heavy (non-hydrogen) atoms. The van der Waals surface area contributed by atoms with Crippen molar-refractivity contribution >= 4 is 23.5 Å². The minimum absolute atomic E-state index is 0.167. The standard InChI is InChI=1S/C19H26N2O5/c1-21(2,16-7-5-6-8-16)12-17(22)20-15-10-13(18(23)25-3)9-14(11-15)19(24)26-4/h9-11,16H,5-8,12H2,1-4H3/p+1. The van der Waals surface area contributed by atoms with Gasteiger partial charge in [0.2, 0.25) is 0 Å². The summed E-state index contributed by atoms with van der Waals surface area (Å²) in [4.78, 5) is 36.2. The first-order chi connectivity index (χ1) is 12.3. The van der Waals surface area contributed by atoms with Crippen LogP contribution in [-0.4, -0.2) is 63.2 Å². The van der Waals surface area contributed by atoms with Gasteiger partial charge in [-0.2, -0.15) is 0 Å². The molecule has 0 spiro atoms. The van der Waals surface area contributed by atoms with Crippen LogP contribution in [0.4, 0.5) is 5.69 Å². The molecule has 0 heterocycles. The minimum atomic E-state index is -0.590. The molecular formula is C19H27N2O5+. The Morgan fingerprint density at radius 1 is 1.00 bits per heavy atom. The van der Waals surface area contributed by atoms with Crippen molar-refractivity contribution in [3.8, 4) is 0 Å². The molecule has 1 aromatic rings. The first-order valence-electron chi connectivity index (χ1n) is 8.71. The van der Waals surface area contributed by atoms with Crippen molar-refractivity contribution in [3.05, 3.63) is 29.3 Å². The minimum Gasteiger partial charge on any atom is -0.465 e. The fourth-order valence-electron chi connectivity index (χ4n) is 3.47. The van der Waals surface area contributed by atoms with Gasteiger partial charge in [-0.25, -0.2) is 9.59 Å². The Bertz CT molecular complexity index is 659. The van der Waals surface area contributed by atoms with E-state index in [-0.39, 0.29) is 17.0 Å². The molecule has 1 aliphatic carbocycles. The fraction of sp³-hybridized carbons (Fsp3) is 0.526. The molecule has 0 radical (unpaired) electrons. The molecule has 0 aliphatic heterocycles. The molecule has 7 nitrogen and oxygen atoms in total. The van der Waals surface area contributed by atoms with Crippen LogP contribution in [0.2, 0.25) is 0 Å². The maximum Gasteiger partial charge on any atom is 0.337 e. The van der Waals surface area contributed by atoms with E-state index in [0.29, 0.717) is 22.8 Å². The number of anilines is 1. The Balaban J connectivity index is 2.17. The maximum absolute atomic E-state index is 12.5. The van der Waals surface area contributed by atoms with Crippen LogP contribution in [0.5, 0.6) is 0 Å². The number of carbonyl (C=O) groups is 3. The van der Waals surface area contributed by atoms with Crippen molar-refractivity contribution in [2.75, 3.05) is 40.2 Å². The summed E-state index contributed by atoms with van der Waals surface area (Å²) in [5.74, 6) is -1.35. The molecule has 0 bridgehead atoms. The van der Waals surface area contributed by atoms with Crippen LogP contribution in [0.1, 0.15) is 46.4 Å². The van der Waals surface area contributed by atoms with Gasteiger partial charge >= 0.3 is 11.9 Å². The van der Waals surface area contributed by atoms with Gasteiger partial charge in [-0.15, -0.1) is 0 Å². The van der Waals surface area contributed by atoms with Gasteiger partial charge in [-0.3, -0.25) is 4.79 Å². The summed E-state index contributed by atoms with van der Waals surface area (Å²) in [6, 6.07) is 4.84. The van der Waals surface area contributed by atoms with E-state index >= 15 is 0 Å². The number of quaternary nitrogens is 1. The van der Waals surface area contributed by atoms with Gasteiger partial charge in [0.1, 0.15) is 0 Å². The zero-order chi connectivity index (χ0) is 19.3. The average molecular weight is 363 g/mol. The third-order valence-corrected chi connectivity index (χ3v) is 4.92. The molecule has 1 fully saturated rings. The van der Waals surface area contributed by atoms with Crippen LogP contribution in [0.3, 0.4) is 0 Å². The number of benzene rings is 1. The molecule has 142 valence electrons. The number of nitrogens with one attached hydrogen (secondary N) is 1. The summed E-state index contributed by atoms with van der Waals surface area (Å²) in [5.41, 5.74) is 0.718. The number of amides is 1. The number of carbonyl (C=O) groups excluding carboxylic acids is 3. The predicted molar refractivity (Wildman–Crippen MR) is 97.0 cm³/mol. The largest absolute Gasteiger partial charge is 0.465 e. The van der Waals surface area contributed by atoms with Crippen LogP contribution in [-0.2, 0) is 14.3 Å². The number of esters is 2. The monoisotopic (exact) mass is 363 g/mol. The van der Waals surface area contributed by atoms with E-state index in [0.717, 1.165) is 12.8 Å². The van der Waals surface area contributed by atoms with Crippen molar-refractivity contribution in [3.63, 3.8) is 0 Å². The summed E-state index contributed by atoms with van der Waals surface area (Å²) in [6.07, 6.45) is 4.67. The van der Waals surface area contributed by atoms with Crippen LogP contribution in [0.15, 0.2) is 18.2 Å². The third-order valence-electron chi connectivity index (χ3n) is 4.92. The normalized spacial score (nSPS) is 14.8. The zero-order valence-electron chi connectivity index (χ0n) is 15.8. The quantitative estimate of drug-likeness (QED) is 0.619. The van der Waals surface area contributed by atoms with Crippen molar-refractivity contribution in [1.29, 1.82) is 0 Å². The smallest absolute Gasteiger partial charge is 0.337 e. The third kappa shape index (κ3) is 4.82. The van der Waals surface area contributed by atoms with Gasteiger partial charge in [-0.1, -0.05) is 0 Å². The topological polar surface area (TPSA) is 81.7 Å². The van der Waals surface area contributed by atoms with Crippen molar-refractivity contribution in [1.82, 2.24) is 0 Å². The molecule has 2 rings (SSSR count). The summed E-state index contributed by atoms with van der Waals surface area (Å²) < 4.78 is 10.0. The van der Waals surface area contributed by atoms with E-state index in [1.54, 1.807) is 0 Å². The fourth-order valence-corrected chi connectivity index (χ4v) is 3.47. The van der Waals surface area contributed by atoms with E-state index in [9.17, 15) is 14.4 Å². The molecule has 1 N–H and O–H groups in total. The molecule has 0 unspecified atom stereocenters. The Morgan fingerprint density at radius 3 is 1.96 bits per heavy atom. The summed E-state index contributed by atoms with van der Waals surface area (Å²) >= 11 is 0. The molecule has 1 saturated carbocycles.